The van der Waals surface area contributed by atoms with E-state index in [0.29, 0.717) is 0 Å². The van der Waals surface area contributed by atoms with Crippen molar-refractivity contribution in [2.75, 3.05) is 0 Å². The van der Waals surface area contributed by atoms with E-state index >= 15 is 0 Å². The molecular formula is C47H31N3. The Morgan fingerprint density at radius 2 is 1.18 bits per heavy atom. The largest absolute Gasteiger partial charge is 0.309 e. The van der Waals surface area contributed by atoms with Crippen LogP contribution in [0.15, 0.2) is 152 Å². The van der Waals surface area contributed by atoms with Gasteiger partial charge >= 0.3 is 0 Å². The molecule has 1 aliphatic carbocycles. The highest BCUT2D eigenvalue weighted by Crippen LogP contribution is 2.53. The minimum atomic E-state index is -0.127. The molecule has 0 unspecified atom stereocenters. The Morgan fingerprint density at radius 1 is 0.500 bits per heavy atom. The van der Waals surface area contributed by atoms with E-state index in [0.717, 1.165) is 33.4 Å². The minimum Gasteiger partial charge on any atom is -0.309 e. The van der Waals surface area contributed by atoms with Crippen molar-refractivity contribution in [3.8, 4) is 28.2 Å². The van der Waals surface area contributed by atoms with Crippen LogP contribution in [0.4, 0.5) is 0 Å². The Hall–Kier alpha value is -6.32. The number of rotatable bonds is 2. The molecule has 3 nitrogen and oxygen atoms in total. The van der Waals surface area contributed by atoms with Gasteiger partial charge in [-0.25, -0.2) is 9.97 Å². The predicted molar refractivity (Wildman–Crippen MR) is 209 cm³/mol. The third kappa shape index (κ3) is 3.64. The van der Waals surface area contributed by atoms with E-state index in [1.165, 1.54) is 71.0 Å². The van der Waals surface area contributed by atoms with Gasteiger partial charge in [0, 0.05) is 44.4 Å². The topological polar surface area (TPSA) is 30.7 Å². The van der Waals surface area contributed by atoms with Crippen LogP contribution < -0.4 is 0 Å². The van der Waals surface area contributed by atoms with Crippen LogP contribution in [0, 0.1) is 0 Å². The highest BCUT2D eigenvalue weighted by Gasteiger charge is 2.37. The molecule has 0 fully saturated rings. The summed E-state index contributed by atoms with van der Waals surface area (Å²) in [5, 5.41) is 11.0. The Kier molecular flexibility index (Phi) is 5.45. The van der Waals surface area contributed by atoms with Crippen LogP contribution in [0.2, 0.25) is 0 Å². The maximum absolute atomic E-state index is 5.26. The van der Waals surface area contributed by atoms with Crippen LogP contribution in [-0.4, -0.2) is 14.5 Å². The van der Waals surface area contributed by atoms with Crippen molar-refractivity contribution in [2.45, 2.75) is 19.3 Å². The summed E-state index contributed by atoms with van der Waals surface area (Å²) < 4.78 is 2.43. The number of nitrogens with zero attached hydrogens (tertiary/aromatic N) is 3. The van der Waals surface area contributed by atoms with Crippen molar-refractivity contribution in [3.63, 3.8) is 0 Å². The molecule has 0 radical (unpaired) electrons. The summed E-state index contributed by atoms with van der Waals surface area (Å²) >= 11 is 0. The zero-order valence-electron chi connectivity index (χ0n) is 27.8. The second-order valence-electron chi connectivity index (χ2n) is 14.2. The molecular weight excluding hydrogens is 607 g/mol. The molecule has 11 rings (SSSR count). The SMILES string of the molecule is CC1(C)c2cc3c(cc2-c2c1ccc1ccccc21)c1ccccc1n3-c1cccc(-c2ncc3c4ccccc4c4ccccc4c3n2)c1. The van der Waals surface area contributed by atoms with E-state index in [1.54, 1.807) is 0 Å². The van der Waals surface area contributed by atoms with Gasteiger partial charge in [0.05, 0.1) is 16.6 Å². The zero-order valence-corrected chi connectivity index (χ0v) is 27.8. The smallest absolute Gasteiger partial charge is 0.159 e. The molecule has 0 aliphatic heterocycles. The maximum atomic E-state index is 5.26. The quantitative estimate of drug-likeness (QED) is 0.177. The molecule has 50 heavy (non-hydrogen) atoms. The molecule has 1 aliphatic rings. The summed E-state index contributed by atoms with van der Waals surface area (Å²) in [4.78, 5) is 10.2. The number of hydrogen-bond donors (Lipinski definition) is 0. The monoisotopic (exact) mass is 637 g/mol. The average molecular weight is 638 g/mol. The standard InChI is InChI=1S/C47H31N3/c1-47(2)40-23-22-28-12-3-4-15-31(28)44(40)38-25-37-35-19-9-10-21-42(35)50(43(37)26-41(38)47)30-14-11-13-29(24-30)46-48-27-39-34-18-6-5-16-32(34)33-17-7-8-20-36(33)45(39)49-46/h3-27H,1-2H3. The second kappa shape index (κ2) is 9.87. The van der Waals surface area contributed by atoms with Gasteiger partial charge < -0.3 is 4.57 Å². The summed E-state index contributed by atoms with van der Waals surface area (Å²) in [6, 6.07) is 53.0. The lowest BCUT2D eigenvalue weighted by Gasteiger charge is -2.22. The number of para-hydroxylation sites is 1. The molecule has 0 N–H and O–H groups in total. The summed E-state index contributed by atoms with van der Waals surface area (Å²) in [5.74, 6) is 0.727. The van der Waals surface area contributed by atoms with Crippen molar-refractivity contribution >= 4 is 65.0 Å². The Balaban J connectivity index is 1.14. The molecule has 0 atom stereocenters. The Labute approximate surface area is 289 Å². The van der Waals surface area contributed by atoms with Crippen molar-refractivity contribution in [2.24, 2.45) is 0 Å². The zero-order chi connectivity index (χ0) is 33.1. The van der Waals surface area contributed by atoms with E-state index in [1.807, 2.05) is 6.20 Å². The van der Waals surface area contributed by atoms with Gasteiger partial charge in [0.2, 0.25) is 0 Å². The van der Waals surface area contributed by atoms with Crippen LogP contribution in [0.3, 0.4) is 0 Å². The van der Waals surface area contributed by atoms with Crippen molar-refractivity contribution in [1.82, 2.24) is 14.5 Å². The molecule has 2 aromatic heterocycles. The van der Waals surface area contributed by atoms with E-state index < -0.39 is 0 Å². The molecule has 0 saturated carbocycles. The third-order valence-corrected chi connectivity index (χ3v) is 11.2. The third-order valence-electron chi connectivity index (χ3n) is 11.2. The lowest BCUT2D eigenvalue weighted by molar-refractivity contribution is 0.661. The van der Waals surface area contributed by atoms with Crippen LogP contribution in [0.25, 0.3) is 93.2 Å². The number of fused-ring (bicyclic) bond motifs is 14. The molecule has 0 bridgehead atoms. The highest BCUT2D eigenvalue weighted by atomic mass is 15.0. The summed E-state index contributed by atoms with van der Waals surface area (Å²) in [6.45, 7) is 4.74. The molecule has 234 valence electrons. The number of hydrogen-bond acceptors (Lipinski definition) is 2. The van der Waals surface area contributed by atoms with E-state index in [4.69, 9.17) is 9.97 Å². The molecule has 10 aromatic rings. The second-order valence-corrected chi connectivity index (χ2v) is 14.2. The first-order valence-corrected chi connectivity index (χ1v) is 17.3. The molecule has 3 heteroatoms. The fourth-order valence-corrected chi connectivity index (χ4v) is 8.83. The fourth-order valence-electron chi connectivity index (χ4n) is 8.83. The van der Waals surface area contributed by atoms with Gasteiger partial charge in [0.25, 0.3) is 0 Å². The van der Waals surface area contributed by atoms with Gasteiger partial charge in [-0.3, -0.25) is 0 Å². The van der Waals surface area contributed by atoms with Gasteiger partial charge in [-0.2, -0.15) is 0 Å². The Bertz CT molecular complexity index is 3040. The fraction of sp³-hybridized carbons (Fsp3) is 0.0638. The van der Waals surface area contributed by atoms with Gasteiger partial charge in [-0.05, 0) is 79.5 Å². The minimum absolute atomic E-state index is 0.127. The van der Waals surface area contributed by atoms with Gasteiger partial charge in [-0.1, -0.05) is 129 Å². The first-order chi connectivity index (χ1) is 24.6. The van der Waals surface area contributed by atoms with Crippen LogP contribution in [0.1, 0.15) is 25.0 Å². The first kappa shape index (κ1) is 27.6. The summed E-state index contributed by atoms with van der Waals surface area (Å²) in [6.07, 6.45) is 2.01. The van der Waals surface area contributed by atoms with Crippen molar-refractivity contribution in [1.29, 1.82) is 0 Å². The maximum Gasteiger partial charge on any atom is 0.159 e. The van der Waals surface area contributed by atoms with Crippen LogP contribution >= 0.6 is 0 Å². The Morgan fingerprint density at radius 3 is 2.00 bits per heavy atom. The molecule has 0 amide bonds. The lowest BCUT2D eigenvalue weighted by atomic mass is 9.82. The molecule has 2 heterocycles. The first-order valence-electron chi connectivity index (χ1n) is 17.3. The van der Waals surface area contributed by atoms with Gasteiger partial charge in [0.15, 0.2) is 5.82 Å². The van der Waals surface area contributed by atoms with Crippen LogP contribution in [-0.2, 0) is 5.41 Å². The van der Waals surface area contributed by atoms with E-state index in [2.05, 4.69) is 164 Å². The number of benzene rings is 8. The van der Waals surface area contributed by atoms with Crippen molar-refractivity contribution in [3.05, 3.63) is 163 Å². The highest BCUT2D eigenvalue weighted by molar-refractivity contribution is 6.24. The van der Waals surface area contributed by atoms with Gasteiger partial charge in [-0.15, -0.1) is 0 Å². The van der Waals surface area contributed by atoms with Gasteiger partial charge in [0.1, 0.15) is 0 Å². The summed E-state index contributed by atoms with van der Waals surface area (Å²) in [7, 11) is 0. The van der Waals surface area contributed by atoms with Crippen LogP contribution in [0.5, 0.6) is 0 Å². The molecule has 0 saturated heterocycles. The lowest BCUT2D eigenvalue weighted by Crippen LogP contribution is -2.15. The molecule has 0 spiro atoms. The normalized spacial score (nSPS) is 13.6. The predicted octanol–water partition coefficient (Wildman–Crippen LogP) is 12.2. The summed E-state index contributed by atoms with van der Waals surface area (Å²) in [5.41, 5.74) is 10.8. The number of aromatic nitrogens is 3. The average Bonchev–Trinajstić information content (AvgIpc) is 3.61. The van der Waals surface area contributed by atoms with Crippen molar-refractivity contribution < 1.29 is 0 Å². The van der Waals surface area contributed by atoms with E-state index in [9.17, 15) is 0 Å². The van der Waals surface area contributed by atoms with E-state index in [-0.39, 0.29) is 5.41 Å². The molecule has 8 aromatic carbocycles.